The molecule has 71 heavy (non-hydrogen) atoms. The van der Waals surface area contributed by atoms with Gasteiger partial charge in [0.25, 0.3) is 0 Å². The summed E-state index contributed by atoms with van der Waals surface area (Å²) in [6.07, 6.45) is 58.2. The third-order valence-corrected chi connectivity index (χ3v) is 17.0. The molecule has 12 rings (SSSR count). The molecule has 0 amide bonds. The first kappa shape index (κ1) is 45.1. The molecule has 4 nitrogen and oxygen atoms in total. The SMILES string of the molecule is CC(C)(C)c1ccc(N2C3C=CC=CC3C(C3C4C=CC=CC4N(c4cc(N(c5ccccc5)c5ccccc5)cc(N(C5=CC=CCC5)C5C=CC=CC5)c4)C4C=CC=CC34)C3C=CC=CC32C)cc1. The number of allylic oxidation sites excluding steroid dienone is 14. The molecule has 6 aliphatic carbocycles. The molecule has 8 aliphatic rings. The number of nitrogens with zero attached hydrogens (tertiary/aromatic N) is 4. The van der Waals surface area contributed by atoms with Crippen molar-refractivity contribution in [2.45, 2.75) is 82.1 Å². The third-order valence-electron chi connectivity index (χ3n) is 17.0. The van der Waals surface area contributed by atoms with E-state index in [0.717, 1.165) is 36.3 Å². The van der Waals surface area contributed by atoms with Crippen molar-refractivity contribution < 1.29 is 0 Å². The van der Waals surface area contributed by atoms with Crippen molar-refractivity contribution in [3.05, 3.63) is 254 Å². The second-order valence-corrected chi connectivity index (χ2v) is 22.1. The molecular weight excluding hydrogens is 861 g/mol. The lowest BCUT2D eigenvalue weighted by molar-refractivity contribution is 0.0293. The Morgan fingerprint density at radius 1 is 0.521 bits per heavy atom. The van der Waals surface area contributed by atoms with Gasteiger partial charge in [-0.25, -0.2) is 0 Å². The van der Waals surface area contributed by atoms with Crippen LogP contribution in [0.3, 0.4) is 0 Å². The minimum absolute atomic E-state index is 0.0909. The monoisotopic (exact) mass is 929 g/mol. The first-order chi connectivity index (χ1) is 34.8. The minimum atomic E-state index is -0.235. The van der Waals surface area contributed by atoms with Crippen LogP contribution in [0.5, 0.6) is 0 Å². The largest absolute Gasteiger partial charge is 0.357 e. The Morgan fingerprint density at radius 3 is 1.72 bits per heavy atom. The van der Waals surface area contributed by atoms with E-state index >= 15 is 0 Å². The predicted octanol–water partition coefficient (Wildman–Crippen LogP) is 15.8. The number of benzene rings is 4. The van der Waals surface area contributed by atoms with Crippen LogP contribution in [0.25, 0.3) is 0 Å². The van der Waals surface area contributed by atoms with E-state index in [2.05, 4.69) is 290 Å². The van der Waals surface area contributed by atoms with E-state index in [1.807, 2.05) is 0 Å². The molecule has 4 aromatic carbocycles. The van der Waals surface area contributed by atoms with E-state index in [-0.39, 0.29) is 52.9 Å². The molecule has 0 saturated carbocycles. The summed E-state index contributed by atoms with van der Waals surface area (Å²) in [6.45, 7) is 9.47. The van der Waals surface area contributed by atoms with E-state index in [9.17, 15) is 0 Å². The second kappa shape index (κ2) is 18.6. The Balaban J connectivity index is 1.01. The minimum Gasteiger partial charge on any atom is -0.357 e. The van der Waals surface area contributed by atoms with Crippen molar-refractivity contribution in [1.82, 2.24) is 0 Å². The van der Waals surface area contributed by atoms with Crippen LogP contribution in [0, 0.1) is 35.5 Å². The van der Waals surface area contributed by atoms with Gasteiger partial charge in [0.05, 0.1) is 35.4 Å². The number of hydrogen-bond acceptors (Lipinski definition) is 4. The molecule has 0 spiro atoms. The van der Waals surface area contributed by atoms with Crippen LogP contribution in [0.4, 0.5) is 34.1 Å². The smallest absolute Gasteiger partial charge is 0.0631 e. The number of piperidine rings is 2. The van der Waals surface area contributed by atoms with Crippen molar-refractivity contribution in [3.63, 3.8) is 0 Å². The van der Waals surface area contributed by atoms with Gasteiger partial charge in [0.1, 0.15) is 0 Å². The fourth-order valence-corrected chi connectivity index (χ4v) is 13.9. The highest BCUT2D eigenvalue weighted by atomic mass is 15.3. The number of fused-ring (bicyclic) bond motifs is 4. The maximum absolute atomic E-state index is 2.83. The van der Waals surface area contributed by atoms with Crippen LogP contribution in [0.15, 0.2) is 249 Å². The number of hydrogen-bond donors (Lipinski definition) is 0. The van der Waals surface area contributed by atoms with E-state index < -0.39 is 0 Å². The van der Waals surface area contributed by atoms with Gasteiger partial charge in [-0.2, -0.15) is 0 Å². The maximum Gasteiger partial charge on any atom is 0.0631 e. The van der Waals surface area contributed by atoms with E-state index in [1.54, 1.807) is 0 Å². The zero-order chi connectivity index (χ0) is 48.1. The van der Waals surface area contributed by atoms with Crippen molar-refractivity contribution >= 4 is 34.1 Å². The molecule has 10 unspecified atom stereocenters. The van der Waals surface area contributed by atoms with Crippen molar-refractivity contribution in [2.24, 2.45) is 35.5 Å². The first-order valence-electron chi connectivity index (χ1n) is 26.4. The summed E-state index contributed by atoms with van der Waals surface area (Å²) in [4.78, 5) is 10.7. The normalized spacial score (nSPS) is 30.7. The van der Waals surface area contributed by atoms with Crippen LogP contribution >= 0.6 is 0 Å². The molecule has 0 N–H and O–H groups in total. The molecule has 2 heterocycles. The lowest BCUT2D eigenvalue weighted by atomic mass is 9.51. The molecule has 4 aromatic rings. The Labute approximate surface area is 423 Å². The van der Waals surface area contributed by atoms with Crippen molar-refractivity contribution in [1.29, 1.82) is 0 Å². The predicted molar refractivity (Wildman–Crippen MR) is 301 cm³/mol. The molecule has 356 valence electrons. The van der Waals surface area contributed by atoms with E-state index in [0.29, 0.717) is 17.8 Å². The molecule has 2 fully saturated rings. The van der Waals surface area contributed by atoms with Gasteiger partial charge < -0.3 is 19.6 Å². The number of anilines is 6. The van der Waals surface area contributed by atoms with Gasteiger partial charge in [-0.15, -0.1) is 0 Å². The third kappa shape index (κ3) is 8.10. The summed E-state index contributed by atoms with van der Waals surface area (Å²) >= 11 is 0. The summed E-state index contributed by atoms with van der Waals surface area (Å²) in [7, 11) is 0. The lowest BCUT2D eigenvalue weighted by Crippen LogP contribution is -2.69. The van der Waals surface area contributed by atoms with Crippen LogP contribution < -0.4 is 19.6 Å². The van der Waals surface area contributed by atoms with E-state index in [1.165, 1.54) is 28.3 Å². The highest BCUT2D eigenvalue weighted by Gasteiger charge is 2.60. The summed E-state index contributed by atoms with van der Waals surface area (Å²) in [5, 5.41) is 0. The summed E-state index contributed by atoms with van der Waals surface area (Å²) in [5.74, 6) is 1.87. The summed E-state index contributed by atoms with van der Waals surface area (Å²) in [5.41, 5.74) is 9.80. The molecule has 2 aliphatic heterocycles. The highest BCUT2D eigenvalue weighted by Crippen LogP contribution is 2.59. The number of rotatable bonds is 9. The van der Waals surface area contributed by atoms with Gasteiger partial charge in [0, 0.05) is 57.8 Å². The average molecular weight is 929 g/mol. The van der Waals surface area contributed by atoms with Gasteiger partial charge in [-0.05, 0) is 110 Å². The highest BCUT2D eigenvalue weighted by molar-refractivity contribution is 5.83. The van der Waals surface area contributed by atoms with Gasteiger partial charge in [0.2, 0.25) is 0 Å². The molecule has 0 bridgehead atoms. The molecule has 4 heteroatoms. The van der Waals surface area contributed by atoms with Gasteiger partial charge in [-0.3, -0.25) is 0 Å². The Bertz CT molecular complexity index is 2910. The molecule has 0 radical (unpaired) electrons. The van der Waals surface area contributed by atoms with E-state index in [4.69, 9.17) is 0 Å². The quantitative estimate of drug-likeness (QED) is 0.166. The zero-order valence-corrected chi connectivity index (χ0v) is 41.8. The van der Waals surface area contributed by atoms with Crippen molar-refractivity contribution in [3.8, 4) is 0 Å². The standard InChI is InChI=1S/C67H68N4/c1-66(2,3)48-40-42-53(43-41-48)71-63-39-22-19-35-59(63)65(60-36-23-24-44-67(60,71)4)64-57-33-17-20-37-61(57)70(62-38-21-18-34-58(62)64)56-46-54(68(49-25-9-5-10-26-49)50-27-11-6-12-28-50)45-55(47-56)69(51-29-13-7-14-30-51)52-31-15-8-16-32-52/h5-15,17-29,31,33-47,51,57-65H,16,30,32H2,1-4H3. The molecule has 2 saturated heterocycles. The molecule has 10 atom stereocenters. The zero-order valence-electron chi connectivity index (χ0n) is 41.8. The molecule has 0 aromatic heterocycles. The first-order valence-corrected chi connectivity index (χ1v) is 26.4. The van der Waals surface area contributed by atoms with Crippen LogP contribution in [-0.2, 0) is 5.41 Å². The van der Waals surface area contributed by atoms with Crippen LogP contribution in [0.2, 0.25) is 0 Å². The fourth-order valence-electron chi connectivity index (χ4n) is 13.9. The van der Waals surface area contributed by atoms with Crippen LogP contribution in [0.1, 0.15) is 52.5 Å². The topological polar surface area (TPSA) is 13.0 Å². The summed E-state index contributed by atoms with van der Waals surface area (Å²) < 4.78 is 0. The Hall–Kier alpha value is -7.04. The Kier molecular flexibility index (Phi) is 11.8. The number of para-hydroxylation sites is 2. The van der Waals surface area contributed by atoms with Crippen LogP contribution in [-0.4, -0.2) is 29.7 Å². The Morgan fingerprint density at radius 2 is 1.11 bits per heavy atom. The van der Waals surface area contributed by atoms with Gasteiger partial charge >= 0.3 is 0 Å². The van der Waals surface area contributed by atoms with Gasteiger partial charge in [0.15, 0.2) is 0 Å². The van der Waals surface area contributed by atoms with Gasteiger partial charge in [-0.1, -0.05) is 203 Å². The average Bonchev–Trinajstić information content (AvgIpc) is 3.41. The second-order valence-electron chi connectivity index (χ2n) is 22.1. The lowest BCUT2D eigenvalue weighted by Gasteiger charge is -2.64. The fraction of sp³-hybridized carbons (Fsp3) is 0.284. The maximum atomic E-state index is 2.83. The van der Waals surface area contributed by atoms with Crippen molar-refractivity contribution in [2.75, 3.05) is 19.6 Å². The molecular formula is C67H68N4. The summed E-state index contributed by atoms with van der Waals surface area (Å²) in [6, 6.07) is 39.6.